The molecule has 2 aliphatic rings. The summed E-state index contributed by atoms with van der Waals surface area (Å²) in [6.45, 7) is 5.25. The summed E-state index contributed by atoms with van der Waals surface area (Å²) in [4.78, 5) is 18.2. The number of hydrogen-bond donors (Lipinski definition) is 0. The summed E-state index contributed by atoms with van der Waals surface area (Å²) >= 11 is 0. The van der Waals surface area contributed by atoms with Gasteiger partial charge < -0.3 is 9.64 Å². The number of rotatable bonds is 2. The molecule has 1 aromatic rings. The fourth-order valence-electron chi connectivity index (χ4n) is 3.10. The zero-order valence-corrected chi connectivity index (χ0v) is 11.4. The molecule has 0 aromatic carbocycles. The molecule has 0 saturated carbocycles. The van der Waals surface area contributed by atoms with Crippen molar-refractivity contribution >= 4 is 5.91 Å². The van der Waals surface area contributed by atoms with Gasteiger partial charge in [0.1, 0.15) is 0 Å². The Bertz CT molecular complexity index is 481. The van der Waals surface area contributed by atoms with Crippen LogP contribution in [0.25, 0.3) is 0 Å². The second-order valence-corrected chi connectivity index (χ2v) is 5.85. The van der Waals surface area contributed by atoms with Crippen LogP contribution in [0.3, 0.4) is 0 Å². The van der Waals surface area contributed by atoms with Gasteiger partial charge in [0.05, 0.1) is 6.61 Å². The number of likely N-dealkylation sites (tertiary alicyclic amines) is 1. The van der Waals surface area contributed by atoms with E-state index in [9.17, 15) is 4.79 Å². The van der Waals surface area contributed by atoms with Crippen molar-refractivity contribution < 1.29 is 9.53 Å². The second-order valence-electron chi connectivity index (χ2n) is 5.85. The normalized spacial score (nSPS) is 27.2. The Hall–Kier alpha value is -1.42. The van der Waals surface area contributed by atoms with Gasteiger partial charge >= 0.3 is 0 Å². The number of carbonyl (C=O) groups excluding carboxylic acids is 1. The van der Waals surface area contributed by atoms with Gasteiger partial charge in [-0.25, -0.2) is 0 Å². The number of piperidine rings is 1. The van der Waals surface area contributed by atoms with E-state index in [0.29, 0.717) is 13.0 Å². The molecule has 1 aromatic heterocycles. The molecule has 0 N–H and O–H groups in total. The quantitative estimate of drug-likeness (QED) is 0.816. The van der Waals surface area contributed by atoms with Crippen LogP contribution in [0.2, 0.25) is 0 Å². The lowest BCUT2D eigenvalue weighted by Crippen LogP contribution is -2.46. The number of aromatic nitrogens is 1. The summed E-state index contributed by atoms with van der Waals surface area (Å²) in [6, 6.07) is 2.01. The summed E-state index contributed by atoms with van der Waals surface area (Å²) in [6.07, 6.45) is 6.39. The highest BCUT2D eigenvalue weighted by Gasteiger charge is 2.41. The zero-order chi connectivity index (χ0) is 13.3. The second kappa shape index (κ2) is 4.93. The molecular formula is C15H20N2O2. The molecule has 102 valence electrons. The zero-order valence-electron chi connectivity index (χ0n) is 11.4. The van der Waals surface area contributed by atoms with Crippen molar-refractivity contribution in [1.29, 1.82) is 0 Å². The molecule has 1 amide bonds. The smallest absolute Gasteiger partial charge is 0.222 e. The van der Waals surface area contributed by atoms with Crippen LogP contribution >= 0.6 is 0 Å². The van der Waals surface area contributed by atoms with E-state index in [4.69, 9.17) is 4.74 Å². The summed E-state index contributed by atoms with van der Waals surface area (Å²) in [7, 11) is 0. The minimum Gasteiger partial charge on any atom is -0.381 e. The van der Waals surface area contributed by atoms with Crippen molar-refractivity contribution in [2.24, 2.45) is 5.41 Å². The van der Waals surface area contributed by atoms with Crippen LogP contribution in [0.1, 0.15) is 30.4 Å². The van der Waals surface area contributed by atoms with E-state index in [0.717, 1.165) is 38.2 Å². The predicted octanol–water partition coefficient (Wildman–Crippen LogP) is 1.92. The maximum atomic E-state index is 12.1. The van der Waals surface area contributed by atoms with Gasteiger partial charge in [-0.2, -0.15) is 0 Å². The number of nitrogens with zero attached hydrogens (tertiary/aromatic N) is 2. The van der Waals surface area contributed by atoms with Crippen molar-refractivity contribution in [1.82, 2.24) is 9.88 Å². The number of hydrogen-bond acceptors (Lipinski definition) is 3. The maximum absolute atomic E-state index is 12.1. The molecule has 2 saturated heterocycles. The molecule has 4 heteroatoms. The Morgan fingerprint density at radius 2 is 2.37 bits per heavy atom. The van der Waals surface area contributed by atoms with E-state index in [1.807, 2.05) is 24.1 Å². The minimum atomic E-state index is 0.217. The van der Waals surface area contributed by atoms with E-state index in [-0.39, 0.29) is 11.3 Å². The van der Waals surface area contributed by atoms with Crippen LogP contribution in [0.4, 0.5) is 0 Å². The first kappa shape index (κ1) is 12.6. The molecule has 0 unspecified atom stereocenters. The van der Waals surface area contributed by atoms with Crippen LogP contribution in [0.15, 0.2) is 18.5 Å². The van der Waals surface area contributed by atoms with Crippen LogP contribution in [0, 0.1) is 12.3 Å². The molecule has 0 aliphatic carbocycles. The minimum absolute atomic E-state index is 0.217. The first-order valence-electron chi connectivity index (χ1n) is 6.94. The third kappa shape index (κ3) is 2.50. The molecule has 2 fully saturated rings. The Labute approximate surface area is 113 Å². The van der Waals surface area contributed by atoms with E-state index in [2.05, 4.69) is 4.98 Å². The van der Waals surface area contributed by atoms with Crippen LogP contribution in [-0.4, -0.2) is 35.5 Å². The lowest BCUT2D eigenvalue weighted by molar-refractivity contribution is -0.138. The van der Waals surface area contributed by atoms with Crippen LogP contribution < -0.4 is 0 Å². The summed E-state index contributed by atoms with van der Waals surface area (Å²) in [5, 5.41) is 0. The lowest BCUT2D eigenvalue weighted by atomic mass is 9.79. The average molecular weight is 260 g/mol. The van der Waals surface area contributed by atoms with Gasteiger partial charge in [-0.3, -0.25) is 9.78 Å². The summed E-state index contributed by atoms with van der Waals surface area (Å²) in [5.74, 6) is 0.272. The Morgan fingerprint density at radius 3 is 3.11 bits per heavy atom. The first-order chi connectivity index (χ1) is 9.19. The molecular weight excluding hydrogens is 240 g/mol. The van der Waals surface area contributed by atoms with E-state index >= 15 is 0 Å². The third-order valence-electron chi connectivity index (χ3n) is 4.43. The highest BCUT2D eigenvalue weighted by molar-refractivity contribution is 5.77. The lowest BCUT2D eigenvalue weighted by Gasteiger charge is -2.39. The molecule has 2 aliphatic heterocycles. The summed E-state index contributed by atoms with van der Waals surface area (Å²) < 4.78 is 5.55. The third-order valence-corrected chi connectivity index (χ3v) is 4.43. The van der Waals surface area contributed by atoms with Crippen molar-refractivity contribution in [2.75, 3.05) is 19.8 Å². The number of ether oxygens (including phenoxy) is 1. The van der Waals surface area contributed by atoms with E-state index in [1.54, 1.807) is 6.20 Å². The molecule has 19 heavy (non-hydrogen) atoms. The van der Waals surface area contributed by atoms with Gasteiger partial charge in [-0.15, -0.1) is 0 Å². The number of amides is 1. The largest absolute Gasteiger partial charge is 0.381 e. The molecule has 3 rings (SSSR count). The topological polar surface area (TPSA) is 42.4 Å². The Balaban J connectivity index is 1.75. The Morgan fingerprint density at radius 1 is 1.47 bits per heavy atom. The predicted molar refractivity (Wildman–Crippen MR) is 71.5 cm³/mol. The molecule has 0 bridgehead atoms. The van der Waals surface area contributed by atoms with Crippen LogP contribution in [-0.2, 0) is 16.1 Å². The molecule has 3 heterocycles. The van der Waals surface area contributed by atoms with Crippen molar-refractivity contribution in [2.45, 2.75) is 32.7 Å². The number of pyridine rings is 1. The molecule has 1 atom stereocenters. The van der Waals surface area contributed by atoms with Crippen molar-refractivity contribution in [3.8, 4) is 0 Å². The molecule has 4 nitrogen and oxygen atoms in total. The van der Waals surface area contributed by atoms with Gasteiger partial charge in [0, 0.05) is 43.9 Å². The fourth-order valence-corrected chi connectivity index (χ4v) is 3.10. The first-order valence-corrected chi connectivity index (χ1v) is 6.94. The van der Waals surface area contributed by atoms with Gasteiger partial charge in [0.25, 0.3) is 0 Å². The van der Waals surface area contributed by atoms with Gasteiger partial charge in [-0.05, 0) is 37.0 Å². The molecule has 1 spiro atoms. The number of carbonyl (C=O) groups is 1. The number of aryl methyl sites for hydroxylation is 1. The highest BCUT2D eigenvalue weighted by Crippen LogP contribution is 2.38. The van der Waals surface area contributed by atoms with Gasteiger partial charge in [-0.1, -0.05) is 0 Å². The van der Waals surface area contributed by atoms with E-state index in [1.165, 1.54) is 5.56 Å². The fraction of sp³-hybridized carbons (Fsp3) is 0.600. The van der Waals surface area contributed by atoms with Crippen molar-refractivity contribution in [3.05, 3.63) is 29.6 Å². The summed E-state index contributed by atoms with van der Waals surface area (Å²) in [5.41, 5.74) is 2.56. The average Bonchev–Trinajstić information content (AvgIpc) is 2.85. The van der Waals surface area contributed by atoms with Crippen molar-refractivity contribution in [3.63, 3.8) is 0 Å². The highest BCUT2D eigenvalue weighted by atomic mass is 16.5. The standard InChI is InChI=1S/C15H20N2O2/c1-12-8-16-6-3-13(12)9-17-10-15(4-2-14(17)18)5-7-19-11-15/h3,6,8H,2,4-5,7,9-11H2,1H3/t15-/m1/s1. The SMILES string of the molecule is Cc1cnccc1CN1C[C@]2(CCOC2)CCC1=O. The van der Waals surface area contributed by atoms with Gasteiger partial charge in [0.15, 0.2) is 0 Å². The molecule has 0 radical (unpaired) electrons. The van der Waals surface area contributed by atoms with E-state index < -0.39 is 0 Å². The monoisotopic (exact) mass is 260 g/mol. The Kier molecular flexibility index (Phi) is 3.27. The van der Waals surface area contributed by atoms with Crippen LogP contribution in [0.5, 0.6) is 0 Å². The van der Waals surface area contributed by atoms with Gasteiger partial charge in [0.2, 0.25) is 5.91 Å². The maximum Gasteiger partial charge on any atom is 0.222 e.